The van der Waals surface area contributed by atoms with Gasteiger partial charge in [-0.3, -0.25) is 14.4 Å². The van der Waals surface area contributed by atoms with Crippen LogP contribution in [-0.4, -0.2) is 24.3 Å². The van der Waals surface area contributed by atoms with E-state index in [1.165, 1.54) is 11.3 Å². The van der Waals surface area contributed by atoms with Crippen LogP contribution in [-0.2, 0) is 9.59 Å². The van der Waals surface area contributed by atoms with Gasteiger partial charge in [-0.15, -0.1) is 0 Å². The summed E-state index contributed by atoms with van der Waals surface area (Å²) >= 11 is 1.45. The maximum atomic E-state index is 11.9. The minimum absolute atomic E-state index is 0.0538. The fourth-order valence-electron chi connectivity index (χ4n) is 2.24. The molecule has 0 unspecified atom stereocenters. The summed E-state index contributed by atoms with van der Waals surface area (Å²) in [5, 5.41) is 11.9. The van der Waals surface area contributed by atoms with Gasteiger partial charge in [0.15, 0.2) is 0 Å². The molecule has 1 aliphatic carbocycles. The summed E-state index contributed by atoms with van der Waals surface area (Å²) in [6.45, 7) is 0.274. The molecule has 0 radical (unpaired) electrons. The van der Waals surface area contributed by atoms with Gasteiger partial charge in [0.05, 0.1) is 0 Å². The summed E-state index contributed by atoms with van der Waals surface area (Å²) in [6, 6.07) is 8.74. The molecule has 0 bridgehead atoms. The van der Waals surface area contributed by atoms with Crippen LogP contribution in [0.1, 0.15) is 29.6 Å². The molecule has 6 nitrogen and oxygen atoms in total. The van der Waals surface area contributed by atoms with E-state index in [-0.39, 0.29) is 36.6 Å². The molecule has 1 aliphatic rings. The quantitative estimate of drug-likeness (QED) is 0.712. The summed E-state index contributed by atoms with van der Waals surface area (Å²) in [5.74, 6) is -0.146. The molecule has 0 spiro atoms. The van der Waals surface area contributed by atoms with E-state index in [0.29, 0.717) is 11.3 Å². The Hall–Kier alpha value is -2.67. The highest BCUT2D eigenvalue weighted by Crippen LogP contribution is 2.30. The van der Waals surface area contributed by atoms with Gasteiger partial charge >= 0.3 is 0 Å². The van der Waals surface area contributed by atoms with E-state index in [0.717, 1.165) is 18.5 Å². The number of hydrogen-bond acceptors (Lipinski definition) is 4. The van der Waals surface area contributed by atoms with Gasteiger partial charge in [-0.2, -0.15) is 11.3 Å². The summed E-state index contributed by atoms with van der Waals surface area (Å²) < 4.78 is 0. The molecule has 1 aromatic heterocycles. The first-order valence-corrected chi connectivity index (χ1v) is 9.07. The Morgan fingerprint density at radius 1 is 1.00 bits per heavy atom. The Bertz CT molecular complexity index is 752. The number of amides is 3. The Morgan fingerprint density at radius 2 is 1.68 bits per heavy atom. The summed E-state index contributed by atoms with van der Waals surface area (Å²) in [7, 11) is 0. The average molecular weight is 357 g/mol. The molecule has 1 fully saturated rings. The largest absolute Gasteiger partial charge is 0.351 e. The van der Waals surface area contributed by atoms with Gasteiger partial charge in [-0.25, -0.2) is 0 Å². The van der Waals surface area contributed by atoms with Gasteiger partial charge < -0.3 is 16.0 Å². The van der Waals surface area contributed by atoms with Crippen molar-refractivity contribution >= 4 is 40.4 Å². The number of nitrogens with one attached hydrogen (secondary N) is 3. The number of benzene rings is 1. The molecule has 0 saturated heterocycles. The highest BCUT2D eigenvalue weighted by atomic mass is 32.1. The first-order chi connectivity index (χ1) is 12.1. The normalized spacial score (nSPS) is 13.1. The molecule has 0 aliphatic heterocycles. The molecular formula is C18H19N3O3S. The van der Waals surface area contributed by atoms with Crippen molar-refractivity contribution in [2.45, 2.75) is 19.3 Å². The molecule has 3 N–H and O–H groups in total. The minimum atomic E-state index is -0.180. The predicted octanol–water partition coefficient (Wildman–Crippen LogP) is 2.86. The van der Waals surface area contributed by atoms with Gasteiger partial charge in [0.2, 0.25) is 11.8 Å². The fourth-order valence-corrected chi connectivity index (χ4v) is 2.87. The first-order valence-electron chi connectivity index (χ1n) is 8.13. The zero-order valence-corrected chi connectivity index (χ0v) is 14.4. The van der Waals surface area contributed by atoms with Crippen molar-refractivity contribution in [3.05, 3.63) is 46.7 Å². The Morgan fingerprint density at radius 3 is 2.28 bits per heavy atom. The maximum Gasteiger partial charge on any atom is 0.252 e. The molecule has 0 atom stereocenters. The third-order valence-corrected chi connectivity index (χ3v) is 4.49. The van der Waals surface area contributed by atoms with Gasteiger partial charge in [-0.1, -0.05) is 0 Å². The van der Waals surface area contributed by atoms with Crippen LogP contribution in [0, 0.1) is 5.92 Å². The van der Waals surface area contributed by atoms with Crippen LogP contribution < -0.4 is 16.0 Å². The monoisotopic (exact) mass is 357 g/mol. The van der Waals surface area contributed by atoms with Crippen LogP contribution in [0.15, 0.2) is 41.1 Å². The third-order valence-electron chi connectivity index (χ3n) is 3.81. The number of carbonyl (C=O) groups is 3. The lowest BCUT2D eigenvalue weighted by atomic mass is 10.2. The number of carbonyl (C=O) groups excluding carboxylic acids is 3. The van der Waals surface area contributed by atoms with Gasteiger partial charge in [0.25, 0.3) is 5.91 Å². The number of anilines is 2. The Labute approximate surface area is 149 Å². The zero-order chi connectivity index (χ0) is 17.6. The van der Waals surface area contributed by atoms with E-state index in [9.17, 15) is 14.4 Å². The molecule has 1 saturated carbocycles. The fraction of sp³-hybridized carbons (Fsp3) is 0.278. The number of rotatable bonds is 7. The molecule has 3 amide bonds. The number of thiophene rings is 1. The highest BCUT2D eigenvalue weighted by Gasteiger charge is 2.29. The van der Waals surface area contributed by atoms with Crippen molar-refractivity contribution in [3.63, 3.8) is 0 Å². The van der Waals surface area contributed by atoms with Crippen molar-refractivity contribution in [3.8, 4) is 0 Å². The molecule has 130 valence electrons. The number of hydrogen-bond donors (Lipinski definition) is 3. The molecule has 1 heterocycles. The Balaban J connectivity index is 1.40. The van der Waals surface area contributed by atoms with Crippen molar-refractivity contribution in [1.29, 1.82) is 0 Å². The van der Waals surface area contributed by atoms with Crippen LogP contribution in [0.5, 0.6) is 0 Å². The van der Waals surface area contributed by atoms with E-state index >= 15 is 0 Å². The molecule has 2 aromatic rings. The molecule has 7 heteroatoms. The second-order valence-electron chi connectivity index (χ2n) is 5.91. The van der Waals surface area contributed by atoms with Crippen molar-refractivity contribution in [2.75, 3.05) is 17.2 Å². The van der Waals surface area contributed by atoms with E-state index in [2.05, 4.69) is 16.0 Å². The van der Waals surface area contributed by atoms with Crippen LogP contribution in [0.25, 0.3) is 0 Å². The van der Waals surface area contributed by atoms with Crippen LogP contribution in [0.4, 0.5) is 11.4 Å². The van der Waals surface area contributed by atoms with Crippen LogP contribution in [0.2, 0.25) is 0 Å². The van der Waals surface area contributed by atoms with E-state index < -0.39 is 0 Å². The highest BCUT2D eigenvalue weighted by molar-refractivity contribution is 7.08. The van der Waals surface area contributed by atoms with E-state index in [1.807, 2.05) is 5.38 Å². The standard InChI is InChI=1S/C18H19N3O3S/c22-16(7-9-19-17(23)13-8-10-25-11-13)20-14-3-5-15(6-4-14)21-18(24)12-1-2-12/h3-6,8,10-12H,1-2,7,9H2,(H,19,23)(H,20,22)(H,21,24). The van der Waals surface area contributed by atoms with Gasteiger partial charge in [-0.05, 0) is 48.6 Å². The van der Waals surface area contributed by atoms with Crippen LogP contribution >= 0.6 is 11.3 Å². The Kier molecular flexibility index (Phi) is 5.45. The topological polar surface area (TPSA) is 87.3 Å². The predicted molar refractivity (Wildman–Crippen MR) is 97.7 cm³/mol. The summed E-state index contributed by atoms with van der Waals surface area (Å²) in [5.41, 5.74) is 1.98. The molecular weight excluding hydrogens is 338 g/mol. The van der Waals surface area contributed by atoms with Crippen molar-refractivity contribution < 1.29 is 14.4 Å². The average Bonchev–Trinajstić information content (AvgIpc) is 3.31. The second kappa shape index (κ2) is 7.94. The lowest BCUT2D eigenvalue weighted by Gasteiger charge is -2.08. The lowest BCUT2D eigenvalue weighted by molar-refractivity contribution is -0.117. The zero-order valence-electron chi connectivity index (χ0n) is 13.6. The second-order valence-corrected chi connectivity index (χ2v) is 6.69. The SMILES string of the molecule is O=C(CCNC(=O)c1ccsc1)Nc1ccc(NC(=O)C2CC2)cc1. The lowest BCUT2D eigenvalue weighted by Crippen LogP contribution is -2.27. The molecule has 3 rings (SSSR count). The smallest absolute Gasteiger partial charge is 0.252 e. The first kappa shape index (κ1) is 17.2. The maximum absolute atomic E-state index is 11.9. The minimum Gasteiger partial charge on any atom is -0.351 e. The van der Waals surface area contributed by atoms with Crippen molar-refractivity contribution in [2.24, 2.45) is 5.92 Å². The van der Waals surface area contributed by atoms with E-state index in [4.69, 9.17) is 0 Å². The summed E-state index contributed by atoms with van der Waals surface area (Å²) in [6.07, 6.45) is 2.11. The van der Waals surface area contributed by atoms with Crippen molar-refractivity contribution in [1.82, 2.24) is 5.32 Å². The third kappa shape index (κ3) is 5.15. The van der Waals surface area contributed by atoms with Gasteiger partial charge in [0.1, 0.15) is 0 Å². The molecule has 1 aromatic carbocycles. The molecule has 25 heavy (non-hydrogen) atoms. The summed E-state index contributed by atoms with van der Waals surface area (Å²) in [4.78, 5) is 35.3. The van der Waals surface area contributed by atoms with Crippen LogP contribution in [0.3, 0.4) is 0 Å². The van der Waals surface area contributed by atoms with Gasteiger partial charge in [0, 0.05) is 41.2 Å². The van der Waals surface area contributed by atoms with E-state index in [1.54, 1.807) is 35.7 Å².